The molecule has 4 heteroatoms. The molecule has 0 amide bonds. The smallest absolute Gasteiger partial charge is 0.135 e. The molecule has 0 spiro atoms. The molecule has 0 fully saturated rings. The normalized spacial score (nSPS) is 10.3. The minimum Gasteiger partial charge on any atom is -0.360 e. The van der Waals surface area contributed by atoms with Gasteiger partial charge in [-0.15, -0.1) is 0 Å². The maximum Gasteiger partial charge on any atom is 0.135 e. The highest BCUT2D eigenvalue weighted by Crippen LogP contribution is 2.20. The molecule has 106 valence electrons. The summed E-state index contributed by atoms with van der Waals surface area (Å²) in [6, 6.07) is 10.2. The Labute approximate surface area is 120 Å². The zero-order chi connectivity index (χ0) is 14.4. The van der Waals surface area contributed by atoms with Gasteiger partial charge in [0.05, 0.1) is 0 Å². The summed E-state index contributed by atoms with van der Waals surface area (Å²) in [5.74, 6) is 1.78. The van der Waals surface area contributed by atoms with Crippen LogP contribution in [0.3, 0.4) is 0 Å². The molecular formula is C16H22N4. The first kappa shape index (κ1) is 14.3. The van der Waals surface area contributed by atoms with Gasteiger partial charge in [-0.3, -0.25) is 0 Å². The molecule has 1 aromatic carbocycles. The van der Waals surface area contributed by atoms with Crippen LogP contribution in [0.5, 0.6) is 0 Å². The highest BCUT2D eigenvalue weighted by Gasteiger charge is 2.05. The Morgan fingerprint density at radius 3 is 2.75 bits per heavy atom. The van der Waals surface area contributed by atoms with Gasteiger partial charge in [-0.05, 0) is 25.0 Å². The van der Waals surface area contributed by atoms with Gasteiger partial charge in [0.1, 0.15) is 18.0 Å². The third-order valence-corrected chi connectivity index (χ3v) is 3.30. The number of aryl methyl sites for hydroxylation is 1. The molecule has 4 nitrogen and oxygen atoms in total. The number of nitrogens with zero attached hydrogens (tertiary/aromatic N) is 3. The van der Waals surface area contributed by atoms with E-state index in [9.17, 15) is 0 Å². The van der Waals surface area contributed by atoms with Gasteiger partial charge in [-0.25, -0.2) is 9.97 Å². The summed E-state index contributed by atoms with van der Waals surface area (Å²) >= 11 is 0. The van der Waals surface area contributed by atoms with Crippen molar-refractivity contribution in [3.63, 3.8) is 0 Å². The molecule has 0 aliphatic carbocycles. The molecule has 2 rings (SSSR count). The summed E-state index contributed by atoms with van der Waals surface area (Å²) in [5, 5.41) is 3.35. The second kappa shape index (κ2) is 6.89. The fraction of sp³-hybridized carbons (Fsp3) is 0.375. The summed E-state index contributed by atoms with van der Waals surface area (Å²) in [4.78, 5) is 10.8. The number of rotatable bonds is 6. The number of nitrogens with one attached hydrogen (secondary N) is 1. The Balaban J connectivity index is 2.12. The molecule has 1 heterocycles. The van der Waals surface area contributed by atoms with Crippen molar-refractivity contribution in [2.75, 3.05) is 23.8 Å². The molecule has 0 unspecified atom stereocenters. The quantitative estimate of drug-likeness (QED) is 0.867. The summed E-state index contributed by atoms with van der Waals surface area (Å²) in [5.41, 5.74) is 2.28. The molecule has 0 radical (unpaired) electrons. The third-order valence-electron chi connectivity index (χ3n) is 3.30. The fourth-order valence-corrected chi connectivity index (χ4v) is 1.99. The average molecular weight is 270 g/mol. The predicted octanol–water partition coefficient (Wildman–Crippen LogP) is 3.76. The zero-order valence-corrected chi connectivity index (χ0v) is 12.4. The number of hydrogen-bond acceptors (Lipinski definition) is 4. The highest BCUT2D eigenvalue weighted by molar-refractivity contribution is 5.62. The van der Waals surface area contributed by atoms with Gasteiger partial charge in [-0.1, -0.05) is 31.5 Å². The lowest BCUT2D eigenvalue weighted by Gasteiger charge is -2.18. The Bertz CT molecular complexity index is 554. The lowest BCUT2D eigenvalue weighted by atomic mass is 10.2. The molecule has 1 aromatic heterocycles. The first-order valence-corrected chi connectivity index (χ1v) is 7.06. The molecule has 0 aliphatic rings. The molecule has 0 bridgehead atoms. The lowest BCUT2D eigenvalue weighted by molar-refractivity contribution is 0.758. The van der Waals surface area contributed by atoms with Crippen molar-refractivity contribution < 1.29 is 0 Å². The van der Waals surface area contributed by atoms with Crippen molar-refractivity contribution in [1.82, 2.24) is 9.97 Å². The molecule has 0 aliphatic heterocycles. The molecule has 1 N–H and O–H groups in total. The van der Waals surface area contributed by atoms with E-state index in [1.165, 1.54) is 18.4 Å². The maximum atomic E-state index is 4.33. The molecule has 0 saturated carbocycles. The van der Waals surface area contributed by atoms with Crippen LogP contribution in [0.4, 0.5) is 17.3 Å². The molecule has 20 heavy (non-hydrogen) atoms. The average Bonchev–Trinajstić information content (AvgIpc) is 2.47. The van der Waals surface area contributed by atoms with Gasteiger partial charge in [0.15, 0.2) is 0 Å². The zero-order valence-electron chi connectivity index (χ0n) is 12.4. The van der Waals surface area contributed by atoms with Crippen LogP contribution in [0.25, 0.3) is 0 Å². The van der Waals surface area contributed by atoms with Gasteiger partial charge in [0, 0.05) is 25.3 Å². The van der Waals surface area contributed by atoms with Crippen molar-refractivity contribution in [2.24, 2.45) is 0 Å². The standard InChI is InChI=1S/C16H22N4/c1-4-5-10-20(3)16-11-15(17-12-18-16)19-14-9-7-6-8-13(14)2/h6-9,11-12H,4-5,10H2,1-3H3,(H,17,18,19). The van der Waals surface area contributed by atoms with Crippen molar-refractivity contribution >= 4 is 17.3 Å². The molecule has 2 aromatic rings. The van der Waals surface area contributed by atoms with Gasteiger partial charge in [0.25, 0.3) is 0 Å². The minimum atomic E-state index is 0.827. The van der Waals surface area contributed by atoms with Crippen LogP contribution in [0, 0.1) is 6.92 Å². The molecular weight excluding hydrogens is 248 g/mol. The summed E-state index contributed by atoms with van der Waals surface area (Å²) in [7, 11) is 2.07. The Kier molecular flexibility index (Phi) is 4.93. The highest BCUT2D eigenvalue weighted by atomic mass is 15.2. The van der Waals surface area contributed by atoms with E-state index in [2.05, 4.69) is 53.2 Å². The number of para-hydroxylation sites is 1. The van der Waals surface area contributed by atoms with Crippen LogP contribution in [0.1, 0.15) is 25.3 Å². The lowest BCUT2D eigenvalue weighted by Crippen LogP contribution is -2.19. The second-order valence-electron chi connectivity index (χ2n) is 4.98. The minimum absolute atomic E-state index is 0.827. The van der Waals surface area contributed by atoms with E-state index < -0.39 is 0 Å². The van der Waals surface area contributed by atoms with Crippen molar-refractivity contribution in [1.29, 1.82) is 0 Å². The first-order chi connectivity index (χ1) is 9.70. The fourth-order valence-electron chi connectivity index (χ4n) is 1.99. The van der Waals surface area contributed by atoms with Crippen molar-refractivity contribution in [2.45, 2.75) is 26.7 Å². The van der Waals surface area contributed by atoms with Crippen LogP contribution in [0.15, 0.2) is 36.7 Å². The van der Waals surface area contributed by atoms with E-state index in [0.29, 0.717) is 0 Å². The summed E-state index contributed by atoms with van der Waals surface area (Å²) < 4.78 is 0. The Morgan fingerprint density at radius 2 is 2.00 bits per heavy atom. The topological polar surface area (TPSA) is 41.0 Å². The van der Waals surface area contributed by atoms with E-state index in [4.69, 9.17) is 0 Å². The third kappa shape index (κ3) is 3.70. The number of aromatic nitrogens is 2. The van der Waals surface area contributed by atoms with E-state index in [1.807, 2.05) is 18.2 Å². The van der Waals surface area contributed by atoms with Crippen molar-refractivity contribution in [3.8, 4) is 0 Å². The monoisotopic (exact) mass is 270 g/mol. The van der Waals surface area contributed by atoms with Gasteiger partial charge in [0.2, 0.25) is 0 Å². The van der Waals surface area contributed by atoms with E-state index >= 15 is 0 Å². The van der Waals surface area contributed by atoms with Crippen LogP contribution in [-0.4, -0.2) is 23.6 Å². The van der Waals surface area contributed by atoms with Crippen LogP contribution < -0.4 is 10.2 Å². The summed E-state index contributed by atoms with van der Waals surface area (Å²) in [6.45, 7) is 5.29. The van der Waals surface area contributed by atoms with Crippen molar-refractivity contribution in [3.05, 3.63) is 42.2 Å². The molecule has 0 saturated heterocycles. The van der Waals surface area contributed by atoms with Crippen LogP contribution in [0.2, 0.25) is 0 Å². The molecule has 0 atom stereocenters. The number of hydrogen-bond donors (Lipinski definition) is 1. The number of benzene rings is 1. The van der Waals surface area contributed by atoms with E-state index in [0.717, 1.165) is 23.9 Å². The van der Waals surface area contributed by atoms with Gasteiger partial charge < -0.3 is 10.2 Å². The number of unbranched alkanes of at least 4 members (excludes halogenated alkanes) is 1. The predicted molar refractivity (Wildman–Crippen MR) is 84.7 cm³/mol. The largest absolute Gasteiger partial charge is 0.360 e. The second-order valence-corrected chi connectivity index (χ2v) is 4.98. The van der Waals surface area contributed by atoms with Crippen LogP contribution in [-0.2, 0) is 0 Å². The Hall–Kier alpha value is -2.10. The van der Waals surface area contributed by atoms with E-state index in [1.54, 1.807) is 6.33 Å². The number of anilines is 3. The van der Waals surface area contributed by atoms with E-state index in [-0.39, 0.29) is 0 Å². The van der Waals surface area contributed by atoms with Gasteiger partial charge in [-0.2, -0.15) is 0 Å². The Morgan fingerprint density at radius 1 is 1.20 bits per heavy atom. The van der Waals surface area contributed by atoms with Gasteiger partial charge >= 0.3 is 0 Å². The maximum absolute atomic E-state index is 4.33. The van der Waals surface area contributed by atoms with Crippen LogP contribution >= 0.6 is 0 Å². The SMILES string of the molecule is CCCCN(C)c1cc(Nc2ccccc2C)ncn1. The summed E-state index contributed by atoms with van der Waals surface area (Å²) in [6.07, 6.45) is 3.96. The first-order valence-electron chi connectivity index (χ1n) is 7.06.